The largest absolute Gasteiger partial charge is 0.0599 e. The number of benzene rings is 1. The van der Waals surface area contributed by atoms with Crippen molar-refractivity contribution in [2.24, 2.45) is 5.41 Å². The van der Waals surface area contributed by atoms with Crippen LogP contribution in [0.4, 0.5) is 0 Å². The van der Waals surface area contributed by atoms with Gasteiger partial charge in [0.2, 0.25) is 0 Å². The molecule has 1 aromatic rings. The molecule has 1 unspecified atom stereocenters. The molecular weight excluding hydrogens is 216 g/mol. The van der Waals surface area contributed by atoms with Gasteiger partial charge in [0.05, 0.1) is 0 Å². The van der Waals surface area contributed by atoms with Crippen molar-refractivity contribution < 1.29 is 0 Å². The normalized spacial score (nSPS) is 22.7. The van der Waals surface area contributed by atoms with Gasteiger partial charge < -0.3 is 0 Å². The van der Waals surface area contributed by atoms with Crippen molar-refractivity contribution in [3.63, 3.8) is 0 Å². The van der Waals surface area contributed by atoms with E-state index >= 15 is 0 Å². The van der Waals surface area contributed by atoms with Gasteiger partial charge in [-0.2, -0.15) is 0 Å². The zero-order valence-electron chi connectivity index (χ0n) is 12.9. The lowest BCUT2D eigenvalue weighted by atomic mass is 9.85. The van der Waals surface area contributed by atoms with Crippen LogP contribution in [0.1, 0.15) is 81.0 Å². The maximum absolute atomic E-state index is 2.49. The predicted molar refractivity (Wildman–Crippen MR) is 80.4 cm³/mol. The molecule has 0 nitrogen and oxygen atoms in total. The van der Waals surface area contributed by atoms with Crippen molar-refractivity contribution in [2.75, 3.05) is 0 Å². The summed E-state index contributed by atoms with van der Waals surface area (Å²) < 4.78 is 0. The van der Waals surface area contributed by atoms with E-state index in [0.717, 1.165) is 5.92 Å². The van der Waals surface area contributed by atoms with Crippen molar-refractivity contribution in [1.82, 2.24) is 0 Å². The van der Waals surface area contributed by atoms with Gasteiger partial charge in [0.15, 0.2) is 0 Å². The van der Waals surface area contributed by atoms with E-state index in [1.54, 1.807) is 11.1 Å². The van der Waals surface area contributed by atoms with Crippen molar-refractivity contribution >= 4 is 0 Å². The summed E-state index contributed by atoms with van der Waals surface area (Å²) in [7, 11) is 0. The van der Waals surface area contributed by atoms with Crippen molar-refractivity contribution in [2.45, 2.75) is 72.6 Å². The predicted octanol–water partition coefficient (Wildman–Crippen LogP) is 5.72. The molecule has 0 N–H and O–H groups in total. The zero-order chi connectivity index (χ0) is 13.5. The molecule has 0 heterocycles. The first-order chi connectivity index (χ1) is 8.30. The average Bonchev–Trinajstić information content (AvgIpc) is 2.62. The number of hydrogen-bond acceptors (Lipinski definition) is 0. The van der Waals surface area contributed by atoms with E-state index < -0.39 is 0 Å². The molecule has 0 radical (unpaired) electrons. The van der Waals surface area contributed by atoms with E-state index in [4.69, 9.17) is 0 Å². The highest BCUT2D eigenvalue weighted by Crippen LogP contribution is 2.46. The van der Waals surface area contributed by atoms with Crippen LogP contribution in [0, 0.1) is 19.3 Å². The number of aryl methyl sites for hydroxylation is 1. The minimum atomic E-state index is 0.543. The summed E-state index contributed by atoms with van der Waals surface area (Å²) in [6, 6.07) is 4.92. The first-order valence-electron chi connectivity index (χ1n) is 7.41. The number of rotatable bonds is 2. The summed E-state index contributed by atoms with van der Waals surface area (Å²) in [6.07, 6.45) is 4.10. The fraction of sp³-hybridized carbons (Fsp3) is 0.667. The van der Waals surface area contributed by atoms with E-state index in [1.165, 1.54) is 30.4 Å². The molecule has 100 valence electrons. The molecule has 0 heteroatoms. The molecule has 2 rings (SSSR count). The molecule has 0 aliphatic heterocycles. The van der Waals surface area contributed by atoms with Crippen LogP contribution in [0.15, 0.2) is 12.1 Å². The standard InChI is InChI=1S/C18H28/c1-12(2)17-10-16(9-13(3)14(17)4)15-7-8-18(5,6)11-15/h9-10,12,15H,7-8,11H2,1-6H3. The quantitative estimate of drug-likeness (QED) is 0.624. The van der Waals surface area contributed by atoms with Gasteiger partial charge in [-0.15, -0.1) is 0 Å². The van der Waals surface area contributed by atoms with E-state index in [9.17, 15) is 0 Å². The Morgan fingerprint density at radius 2 is 1.83 bits per heavy atom. The third-order valence-corrected chi connectivity index (χ3v) is 4.79. The molecule has 0 aromatic heterocycles. The molecule has 0 spiro atoms. The SMILES string of the molecule is Cc1cc(C2CCC(C)(C)C2)cc(C(C)C)c1C. The Hall–Kier alpha value is -0.780. The molecule has 0 saturated heterocycles. The van der Waals surface area contributed by atoms with Gasteiger partial charge >= 0.3 is 0 Å². The highest BCUT2D eigenvalue weighted by Gasteiger charge is 2.32. The minimum Gasteiger partial charge on any atom is -0.0599 e. The van der Waals surface area contributed by atoms with Crippen molar-refractivity contribution in [3.8, 4) is 0 Å². The average molecular weight is 244 g/mol. The van der Waals surface area contributed by atoms with Crippen LogP contribution in [0.2, 0.25) is 0 Å². The highest BCUT2D eigenvalue weighted by molar-refractivity contribution is 5.41. The summed E-state index contributed by atoms with van der Waals surface area (Å²) >= 11 is 0. The van der Waals surface area contributed by atoms with Crippen LogP contribution in [0.25, 0.3) is 0 Å². The minimum absolute atomic E-state index is 0.543. The molecule has 0 amide bonds. The Morgan fingerprint density at radius 3 is 2.33 bits per heavy atom. The van der Waals surface area contributed by atoms with Crippen LogP contribution >= 0.6 is 0 Å². The number of hydrogen-bond donors (Lipinski definition) is 0. The van der Waals surface area contributed by atoms with Gasteiger partial charge in [-0.3, -0.25) is 0 Å². The van der Waals surface area contributed by atoms with E-state index in [2.05, 4.69) is 53.7 Å². The first kappa shape index (κ1) is 13.6. The van der Waals surface area contributed by atoms with Crippen LogP contribution in [0.3, 0.4) is 0 Å². The van der Waals surface area contributed by atoms with Crippen molar-refractivity contribution in [3.05, 3.63) is 34.4 Å². The van der Waals surface area contributed by atoms with Crippen LogP contribution in [-0.4, -0.2) is 0 Å². The Morgan fingerprint density at radius 1 is 1.17 bits per heavy atom. The fourth-order valence-corrected chi connectivity index (χ4v) is 3.47. The molecule has 0 bridgehead atoms. The molecule has 18 heavy (non-hydrogen) atoms. The highest BCUT2D eigenvalue weighted by atomic mass is 14.4. The summed E-state index contributed by atoms with van der Waals surface area (Å²) in [4.78, 5) is 0. The van der Waals surface area contributed by atoms with Gasteiger partial charge in [0.1, 0.15) is 0 Å². The molecule has 1 saturated carbocycles. The van der Waals surface area contributed by atoms with Gasteiger partial charge in [0, 0.05) is 0 Å². The Balaban J connectivity index is 2.35. The second-order valence-corrected chi connectivity index (χ2v) is 7.31. The molecule has 1 fully saturated rings. The van der Waals surface area contributed by atoms with Gasteiger partial charge in [0.25, 0.3) is 0 Å². The first-order valence-corrected chi connectivity index (χ1v) is 7.41. The molecule has 1 aliphatic carbocycles. The molecule has 1 atom stereocenters. The summed E-state index contributed by atoms with van der Waals surface area (Å²) in [5.74, 6) is 1.43. The Bertz CT molecular complexity index is 438. The van der Waals surface area contributed by atoms with E-state index in [1.807, 2.05) is 0 Å². The lowest BCUT2D eigenvalue weighted by Gasteiger charge is -2.20. The molecule has 1 aromatic carbocycles. The third-order valence-electron chi connectivity index (χ3n) is 4.79. The van der Waals surface area contributed by atoms with Crippen molar-refractivity contribution in [1.29, 1.82) is 0 Å². The second-order valence-electron chi connectivity index (χ2n) is 7.31. The lowest BCUT2D eigenvalue weighted by molar-refractivity contribution is 0.376. The molecular formula is C18H28. The fourth-order valence-electron chi connectivity index (χ4n) is 3.47. The third kappa shape index (κ3) is 2.63. The summed E-state index contributed by atoms with van der Waals surface area (Å²) in [5, 5.41) is 0. The van der Waals surface area contributed by atoms with Crippen LogP contribution < -0.4 is 0 Å². The second kappa shape index (κ2) is 4.72. The Kier molecular flexibility index (Phi) is 3.58. The zero-order valence-corrected chi connectivity index (χ0v) is 12.9. The lowest BCUT2D eigenvalue weighted by Crippen LogP contribution is -2.05. The summed E-state index contributed by atoms with van der Waals surface area (Å²) in [6.45, 7) is 14.0. The van der Waals surface area contributed by atoms with E-state index in [-0.39, 0.29) is 0 Å². The maximum atomic E-state index is 2.49. The molecule has 1 aliphatic rings. The Labute approximate surface area is 113 Å². The van der Waals surface area contributed by atoms with E-state index in [0.29, 0.717) is 11.3 Å². The smallest absolute Gasteiger partial charge is 0.0156 e. The van der Waals surface area contributed by atoms with Gasteiger partial charge in [-0.25, -0.2) is 0 Å². The summed E-state index contributed by atoms with van der Waals surface area (Å²) in [5.41, 5.74) is 6.65. The van der Waals surface area contributed by atoms with Crippen LogP contribution in [-0.2, 0) is 0 Å². The van der Waals surface area contributed by atoms with Gasteiger partial charge in [-0.1, -0.05) is 39.8 Å². The monoisotopic (exact) mass is 244 g/mol. The van der Waals surface area contributed by atoms with Gasteiger partial charge in [-0.05, 0) is 72.6 Å². The maximum Gasteiger partial charge on any atom is -0.0156 e. The topological polar surface area (TPSA) is 0 Å². The van der Waals surface area contributed by atoms with Crippen LogP contribution in [0.5, 0.6) is 0 Å².